The number of benzene rings is 1. The van der Waals surface area contributed by atoms with Gasteiger partial charge in [-0.2, -0.15) is 5.10 Å². The number of hydrogen-bond donors (Lipinski definition) is 1. The van der Waals surface area contributed by atoms with Crippen molar-refractivity contribution in [3.05, 3.63) is 54.2 Å². The first-order valence-corrected chi connectivity index (χ1v) is 8.26. The predicted molar refractivity (Wildman–Crippen MR) is 94.3 cm³/mol. The minimum Gasteiger partial charge on any atom is -0.486 e. The highest BCUT2D eigenvalue weighted by atomic mass is 19.1. The summed E-state index contributed by atoms with van der Waals surface area (Å²) >= 11 is 0. The van der Waals surface area contributed by atoms with Crippen LogP contribution in [-0.4, -0.2) is 33.3 Å². The van der Waals surface area contributed by atoms with Gasteiger partial charge in [0, 0.05) is 36.1 Å². The molecule has 0 aliphatic carbocycles. The molecule has 4 rings (SSSR count). The minimum atomic E-state index is -0.308. The molecule has 6 nitrogen and oxygen atoms in total. The van der Waals surface area contributed by atoms with Crippen LogP contribution in [0.15, 0.2) is 42.7 Å². The second kappa shape index (κ2) is 6.25. The second-order valence-electron chi connectivity index (χ2n) is 6.25. The quantitative estimate of drug-likeness (QED) is 0.770. The van der Waals surface area contributed by atoms with Crippen molar-refractivity contribution in [2.75, 3.05) is 6.54 Å². The van der Waals surface area contributed by atoms with E-state index in [0.717, 1.165) is 16.7 Å². The van der Waals surface area contributed by atoms with Gasteiger partial charge in [-0.05, 0) is 37.3 Å². The number of nitrogens with zero attached hydrogens (tertiary/aromatic N) is 3. The van der Waals surface area contributed by atoms with Crippen LogP contribution in [0.25, 0.3) is 22.4 Å². The molecule has 0 saturated heterocycles. The Morgan fingerprint density at radius 1 is 1.19 bits per heavy atom. The van der Waals surface area contributed by atoms with E-state index in [0.29, 0.717) is 18.0 Å². The van der Waals surface area contributed by atoms with Crippen molar-refractivity contribution in [2.45, 2.75) is 13.0 Å². The monoisotopic (exact) mass is 352 g/mol. The normalized spacial score (nSPS) is 16.4. The van der Waals surface area contributed by atoms with Crippen molar-refractivity contribution >= 4 is 5.91 Å². The molecule has 1 aromatic carbocycles. The maximum atomic E-state index is 13.3. The molecule has 0 saturated carbocycles. The van der Waals surface area contributed by atoms with Crippen LogP contribution in [0.3, 0.4) is 0 Å². The zero-order chi connectivity index (χ0) is 18.3. The second-order valence-corrected chi connectivity index (χ2v) is 6.25. The lowest BCUT2D eigenvalue weighted by molar-refractivity contribution is 0.0948. The lowest BCUT2D eigenvalue weighted by Crippen LogP contribution is -2.29. The molecule has 1 aliphatic rings. The summed E-state index contributed by atoms with van der Waals surface area (Å²) in [5.41, 5.74) is 3.23. The van der Waals surface area contributed by atoms with E-state index in [2.05, 4.69) is 15.4 Å². The number of ether oxygens (including phenoxy) is 1. The number of amides is 1. The van der Waals surface area contributed by atoms with Gasteiger partial charge >= 0.3 is 0 Å². The van der Waals surface area contributed by atoms with Gasteiger partial charge < -0.3 is 10.1 Å². The lowest BCUT2D eigenvalue weighted by atomic mass is 10.0. The van der Waals surface area contributed by atoms with Gasteiger partial charge in [-0.3, -0.25) is 9.48 Å². The highest BCUT2D eigenvalue weighted by Crippen LogP contribution is 2.38. The number of aromatic nitrogens is 3. The van der Waals surface area contributed by atoms with Gasteiger partial charge in [0.25, 0.3) is 5.91 Å². The Bertz CT molecular complexity index is 982. The average molecular weight is 352 g/mol. The van der Waals surface area contributed by atoms with E-state index in [1.807, 2.05) is 20.2 Å². The van der Waals surface area contributed by atoms with Crippen LogP contribution in [0.5, 0.6) is 5.75 Å². The molecule has 0 bridgehead atoms. The fraction of sp³-hybridized carbons (Fsp3) is 0.211. The Labute approximate surface area is 149 Å². The molecule has 1 unspecified atom stereocenters. The SMILES string of the molecule is CC1CNC(=O)c2nccc(-c3cn(C)nc3-c3ccc(F)cc3)c2O1. The molecule has 7 heteroatoms. The molecule has 0 fully saturated rings. The van der Waals surface area contributed by atoms with Crippen molar-refractivity contribution in [3.8, 4) is 28.1 Å². The van der Waals surface area contributed by atoms with E-state index in [9.17, 15) is 9.18 Å². The summed E-state index contributed by atoms with van der Waals surface area (Å²) in [6, 6.07) is 7.95. The number of pyridine rings is 1. The van der Waals surface area contributed by atoms with Gasteiger partial charge in [-0.1, -0.05) is 0 Å². The summed E-state index contributed by atoms with van der Waals surface area (Å²) in [5.74, 6) is -0.136. The molecule has 1 amide bonds. The number of carbonyl (C=O) groups is 1. The summed E-state index contributed by atoms with van der Waals surface area (Å²) in [4.78, 5) is 16.5. The van der Waals surface area contributed by atoms with E-state index in [-0.39, 0.29) is 23.5 Å². The van der Waals surface area contributed by atoms with Gasteiger partial charge in [0.1, 0.15) is 17.6 Å². The fourth-order valence-electron chi connectivity index (χ4n) is 3.01. The minimum absolute atomic E-state index is 0.186. The van der Waals surface area contributed by atoms with E-state index >= 15 is 0 Å². The predicted octanol–water partition coefficient (Wildman–Crippen LogP) is 2.80. The Hall–Kier alpha value is -3.22. The highest BCUT2D eigenvalue weighted by Gasteiger charge is 2.26. The molecule has 3 aromatic rings. The Balaban J connectivity index is 1.91. The molecule has 1 aliphatic heterocycles. The van der Waals surface area contributed by atoms with Crippen LogP contribution in [-0.2, 0) is 7.05 Å². The molecule has 2 aromatic heterocycles. The van der Waals surface area contributed by atoms with Crippen LogP contribution in [0.2, 0.25) is 0 Å². The zero-order valence-corrected chi connectivity index (χ0v) is 14.4. The molecule has 0 spiro atoms. The summed E-state index contributed by atoms with van der Waals surface area (Å²) in [7, 11) is 1.81. The van der Waals surface area contributed by atoms with Crippen molar-refractivity contribution in [2.24, 2.45) is 7.05 Å². The van der Waals surface area contributed by atoms with E-state index in [1.54, 1.807) is 29.1 Å². The van der Waals surface area contributed by atoms with Gasteiger partial charge in [0.2, 0.25) is 0 Å². The molecule has 1 atom stereocenters. The Morgan fingerprint density at radius 2 is 1.96 bits per heavy atom. The standard InChI is InChI=1S/C19H17FN4O2/c1-11-9-22-19(25)17-18(26-11)14(7-8-21-17)15-10-24(2)23-16(15)12-3-5-13(20)6-4-12/h3-8,10-11H,9H2,1-2H3,(H,22,25). The summed E-state index contributed by atoms with van der Waals surface area (Å²) in [5, 5.41) is 7.31. The van der Waals surface area contributed by atoms with E-state index < -0.39 is 0 Å². The third-order valence-corrected chi connectivity index (χ3v) is 4.23. The van der Waals surface area contributed by atoms with Gasteiger partial charge in [0.15, 0.2) is 11.4 Å². The topological polar surface area (TPSA) is 69.0 Å². The van der Waals surface area contributed by atoms with Crippen LogP contribution in [0.4, 0.5) is 4.39 Å². The van der Waals surface area contributed by atoms with Crippen molar-refractivity contribution in [1.82, 2.24) is 20.1 Å². The summed E-state index contributed by atoms with van der Waals surface area (Å²) < 4.78 is 21.0. The Kier molecular flexibility index (Phi) is 3.91. The molecule has 1 N–H and O–H groups in total. The number of rotatable bonds is 2. The number of nitrogens with one attached hydrogen (secondary N) is 1. The smallest absolute Gasteiger partial charge is 0.273 e. The average Bonchev–Trinajstić information content (AvgIpc) is 2.94. The number of halogens is 1. The number of fused-ring (bicyclic) bond motifs is 1. The Morgan fingerprint density at radius 3 is 2.73 bits per heavy atom. The maximum absolute atomic E-state index is 13.3. The number of carbonyl (C=O) groups excluding carboxylic acids is 1. The van der Waals surface area contributed by atoms with Crippen LogP contribution in [0.1, 0.15) is 17.4 Å². The molecule has 132 valence electrons. The largest absolute Gasteiger partial charge is 0.486 e. The lowest BCUT2D eigenvalue weighted by Gasteiger charge is -2.15. The molecule has 0 radical (unpaired) electrons. The maximum Gasteiger partial charge on any atom is 0.273 e. The van der Waals surface area contributed by atoms with Crippen LogP contribution >= 0.6 is 0 Å². The number of hydrogen-bond acceptors (Lipinski definition) is 4. The van der Waals surface area contributed by atoms with Crippen molar-refractivity contribution in [3.63, 3.8) is 0 Å². The summed E-state index contributed by atoms with van der Waals surface area (Å²) in [6.07, 6.45) is 3.24. The highest BCUT2D eigenvalue weighted by molar-refractivity contribution is 5.98. The van der Waals surface area contributed by atoms with Crippen molar-refractivity contribution < 1.29 is 13.9 Å². The summed E-state index contributed by atoms with van der Waals surface area (Å²) in [6.45, 7) is 2.29. The van der Waals surface area contributed by atoms with Crippen LogP contribution < -0.4 is 10.1 Å². The number of aryl methyl sites for hydroxylation is 1. The third-order valence-electron chi connectivity index (χ3n) is 4.23. The van der Waals surface area contributed by atoms with Gasteiger partial charge in [0.05, 0.1) is 6.54 Å². The van der Waals surface area contributed by atoms with Crippen LogP contribution in [0, 0.1) is 5.82 Å². The van der Waals surface area contributed by atoms with Gasteiger partial charge in [-0.25, -0.2) is 9.37 Å². The third kappa shape index (κ3) is 2.81. The van der Waals surface area contributed by atoms with E-state index in [1.165, 1.54) is 12.1 Å². The first-order valence-electron chi connectivity index (χ1n) is 8.26. The zero-order valence-electron chi connectivity index (χ0n) is 14.4. The molecular weight excluding hydrogens is 335 g/mol. The first kappa shape index (κ1) is 16.3. The molecular formula is C19H17FN4O2. The fourth-order valence-corrected chi connectivity index (χ4v) is 3.01. The van der Waals surface area contributed by atoms with Crippen molar-refractivity contribution in [1.29, 1.82) is 0 Å². The van der Waals surface area contributed by atoms with E-state index in [4.69, 9.17) is 4.74 Å². The molecule has 26 heavy (non-hydrogen) atoms. The van der Waals surface area contributed by atoms with Gasteiger partial charge in [-0.15, -0.1) is 0 Å². The molecule has 3 heterocycles. The first-order chi connectivity index (χ1) is 12.5.